The summed E-state index contributed by atoms with van der Waals surface area (Å²) in [6.45, 7) is 1.55. The molecule has 0 aromatic heterocycles. The molecule has 62 valence electrons. The van der Waals surface area contributed by atoms with E-state index >= 15 is 0 Å². The molecular formula is C10H11O2+. The Labute approximate surface area is 71.5 Å². The summed E-state index contributed by atoms with van der Waals surface area (Å²) in [6, 6.07) is 7.26. The molecule has 0 heterocycles. The van der Waals surface area contributed by atoms with Crippen molar-refractivity contribution in [2.45, 2.75) is 6.92 Å². The Bertz CT molecular complexity index is 296. The monoisotopic (exact) mass is 163 g/mol. The Morgan fingerprint density at radius 3 is 2.33 bits per heavy atom. The van der Waals surface area contributed by atoms with Crippen molar-refractivity contribution in [1.29, 1.82) is 0 Å². The van der Waals surface area contributed by atoms with Gasteiger partial charge in [0.1, 0.15) is 0 Å². The van der Waals surface area contributed by atoms with Crippen molar-refractivity contribution in [3.05, 3.63) is 35.4 Å². The number of carbonyl (C=O) groups excluding carboxylic acids is 2. The van der Waals surface area contributed by atoms with Crippen LogP contribution in [0.1, 0.15) is 27.3 Å². The Morgan fingerprint density at radius 2 is 1.92 bits per heavy atom. The molecule has 0 N–H and O–H groups in total. The van der Waals surface area contributed by atoms with Crippen LogP contribution in [-0.2, 0) is 0 Å². The third kappa shape index (κ3) is 2.02. The third-order valence-electron chi connectivity index (χ3n) is 1.57. The van der Waals surface area contributed by atoms with Crippen LogP contribution < -0.4 is 0 Å². The lowest BCUT2D eigenvalue weighted by Gasteiger charge is -1.92. The fourth-order valence-corrected chi connectivity index (χ4v) is 0.932. The number of aldehydes is 1. The van der Waals surface area contributed by atoms with Crippen molar-refractivity contribution >= 4 is 12.1 Å². The molecule has 1 rings (SSSR count). The highest BCUT2D eigenvalue weighted by atomic mass is 16.4. The Balaban J connectivity index is 2.93. The van der Waals surface area contributed by atoms with Gasteiger partial charge >= 0.3 is 6.29 Å². The maximum absolute atomic E-state index is 10.9. The lowest BCUT2D eigenvalue weighted by atomic mass is 10.1. The zero-order valence-corrected chi connectivity index (χ0v) is 7.20. The van der Waals surface area contributed by atoms with Gasteiger partial charge in [-0.05, 0) is 19.1 Å². The van der Waals surface area contributed by atoms with Gasteiger partial charge in [0.2, 0.25) is 0 Å². The van der Waals surface area contributed by atoms with Gasteiger partial charge in [0.15, 0.2) is 5.78 Å². The predicted molar refractivity (Wildman–Crippen MR) is 47.8 cm³/mol. The first-order valence-electron chi connectivity index (χ1n) is 3.71. The minimum atomic E-state index is 0.0824. The average Bonchev–Trinajstić information content (AvgIpc) is 2.06. The van der Waals surface area contributed by atoms with Crippen molar-refractivity contribution in [2.75, 3.05) is 7.11 Å². The molecule has 12 heavy (non-hydrogen) atoms. The van der Waals surface area contributed by atoms with Crippen molar-refractivity contribution in [1.82, 2.24) is 0 Å². The second-order valence-electron chi connectivity index (χ2n) is 2.53. The van der Waals surface area contributed by atoms with Gasteiger partial charge in [-0.25, -0.2) is 0 Å². The summed E-state index contributed by atoms with van der Waals surface area (Å²) < 4.78 is 4.82. The highest BCUT2D eigenvalue weighted by molar-refractivity contribution is 5.94. The number of rotatable bonds is 2. The lowest BCUT2D eigenvalue weighted by Crippen LogP contribution is -1.91. The molecular weight excluding hydrogens is 152 g/mol. The molecule has 0 atom stereocenters. The first-order valence-corrected chi connectivity index (χ1v) is 3.71. The Kier molecular flexibility index (Phi) is 2.75. The fraction of sp³-hybridized carbons (Fsp3) is 0.200. The summed E-state index contributed by atoms with van der Waals surface area (Å²) in [5, 5.41) is 0. The van der Waals surface area contributed by atoms with Gasteiger partial charge in [-0.3, -0.25) is 9.22 Å². The number of Topliss-reactive ketones (excluding diaryl/α,β-unsaturated/α-hetero) is 1. The number of benzene rings is 1. The van der Waals surface area contributed by atoms with Gasteiger partial charge in [0.05, 0.1) is 5.56 Å². The van der Waals surface area contributed by atoms with E-state index in [9.17, 15) is 4.79 Å². The molecule has 0 aliphatic carbocycles. The van der Waals surface area contributed by atoms with E-state index < -0.39 is 0 Å². The molecule has 0 amide bonds. The van der Waals surface area contributed by atoms with E-state index in [1.165, 1.54) is 0 Å². The zero-order valence-electron chi connectivity index (χ0n) is 7.20. The molecule has 2 heteroatoms. The topological polar surface area (TPSA) is 28.4 Å². The molecule has 0 fully saturated rings. The van der Waals surface area contributed by atoms with Gasteiger partial charge < -0.3 is 0 Å². The largest absolute Gasteiger partial charge is 0.315 e. The number of ketones is 1. The van der Waals surface area contributed by atoms with Crippen LogP contribution in [0.15, 0.2) is 24.3 Å². The predicted octanol–water partition coefficient (Wildman–Crippen LogP) is 1.87. The average molecular weight is 163 g/mol. The number of hydrogen-bond donors (Lipinski definition) is 0. The Morgan fingerprint density at radius 1 is 1.33 bits per heavy atom. The normalized spacial score (nSPS) is 10.5. The van der Waals surface area contributed by atoms with Gasteiger partial charge in [0, 0.05) is 5.56 Å². The summed E-state index contributed by atoms with van der Waals surface area (Å²) in [5.41, 5.74) is 1.69. The molecule has 0 unspecified atom stereocenters. The second-order valence-corrected chi connectivity index (χ2v) is 2.53. The smallest absolute Gasteiger partial charge is 0.295 e. The van der Waals surface area contributed by atoms with Crippen LogP contribution in [0.5, 0.6) is 0 Å². The summed E-state index contributed by atoms with van der Waals surface area (Å²) in [7, 11) is 1.60. The number of hydrogen-bond acceptors (Lipinski definition) is 1. The Hall–Kier alpha value is -1.44. The third-order valence-corrected chi connectivity index (χ3v) is 1.57. The maximum Gasteiger partial charge on any atom is 0.315 e. The molecule has 0 aliphatic rings. The van der Waals surface area contributed by atoms with Crippen LogP contribution in [-0.4, -0.2) is 19.2 Å². The van der Waals surface area contributed by atoms with Crippen molar-refractivity contribution in [3.8, 4) is 0 Å². The molecule has 0 saturated carbocycles. The van der Waals surface area contributed by atoms with Gasteiger partial charge in [-0.2, -0.15) is 0 Å². The molecule has 0 bridgehead atoms. The molecule has 0 aliphatic heterocycles. The van der Waals surface area contributed by atoms with Crippen molar-refractivity contribution < 1.29 is 9.22 Å². The van der Waals surface area contributed by atoms with E-state index in [1.54, 1.807) is 32.5 Å². The minimum absolute atomic E-state index is 0.0824. The molecule has 0 spiro atoms. The lowest BCUT2D eigenvalue weighted by molar-refractivity contribution is -0.217. The highest BCUT2D eigenvalue weighted by Gasteiger charge is 1.98. The van der Waals surface area contributed by atoms with Gasteiger partial charge in [-0.1, -0.05) is 12.1 Å². The molecule has 2 nitrogen and oxygen atoms in total. The van der Waals surface area contributed by atoms with Crippen LogP contribution in [0.2, 0.25) is 0 Å². The van der Waals surface area contributed by atoms with Gasteiger partial charge in [0.25, 0.3) is 7.11 Å². The SMILES string of the molecule is C[O+]=Cc1ccc(C(C)=O)cc1. The second kappa shape index (κ2) is 3.81. The van der Waals surface area contributed by atoms with Crippen molar-refractivity contribution in [3.63, 3.8) is 0 Å². The first kappa shape index (κ1) is 8.65. The quantitative estimate of drug-likeness (QED) is 0.371. The van der Waals surface area contributed by atoms with E-state index in [0.717, 1.165) is 11.1 Å². The van der Waals surface area contributed by atoms with Crippen LogP contribution >= 0.6 is 0 Å². The zero-order chi connectivity index (χ0) is 8.97. The highest BCUT2D eigenvalue weighted by Crippen LogP contribution is 2.02. The van der Waals surface area contributed by atoms with E-state index in [0.29, 0.717) is 0 Å². The van der Waals surface area contributed by atoms with Crippen molar-refractivity contribution in [2.24, 2.45) is 0 Å². The van der Waals surface area contributed by atoms with Crippen LogP contribution in [0.4, 0.5) is 0 Å². The summed E-state index contributed by atoms with van der Waals surface area (Å²) in [6.07, 6.45) is 1.63. The minimum Gasteiger partial charge on any atom is -0.295 e. The number of carbonyl (C=O) groups is 1. The standard InChI is InChI=1S/C10H11O2/c1-8(11)10-5-3-9(4-6-10)7-12-2/h3-7H,1-2H3/q+1. The van der Waals surface area contributed by atoms with E-state index in [-0.39, 0.29) is 5.78 Å². The first-order chi connectivity index (χ1) is 5.74. The summed E-state index contributed by atoms with van der Waals surface area (Å²) in [4.78, 5) is 10.9. The van der Waals surface area contributed by atoms with Gasteiger partial charge in [-0.15, -0.1) is 0 Å². The van der Waals surface area contributed by atoms with E-state index in [2.05, 4.69) is 0 Å². The molecule has 1 aromatic rings. The van der Waals surface area contributed by atoms with Crippen LogP contribution in [0.3, 0.4) is 0 Å². The summed E-state index contributed by atoms with van der Waals surface area (Å²) >= 11 is 0. The molecule has 0 radical (unpaired) electrons. The van der Waals surface area contributed by atoms with E-state index in [1.807, 2.05) is 12.1 Å². The van der Waals surface area contributed by atoms with Crippen LogP contribution in [0, 0.1) is 0 Å². The van der Waals surface area contributed by atoms with Crippen LogP contribution in [0.25, 0.3) is 0 Å². The summed E-state index contributed by atoms with van der Waals surface area (Å²) in [5.74, 6) is 0.0824. The maximum atomic E-state index is 10.9. The van der Waals surface area contributed by atoms with E-state index in [4.69, 9.17) is 4.42 Å². The molecule has 0 saturated heterocycles. The fourth-order valence-electron chi connectivity index (χ4n) is 0.932. The molecule has 1 aromatic carbocycles.